The first-order valence-electron chi connectivity index (χ1n) is 8.74. The second kappa shape index (κ2) is 5.72. The molecule has 0 amide bonds. The molecule has 0 heterocycles. The van der Waals surface area contributed by atoms with Gasteiger partial charge in [0, 0.05) is 7.11 Å². The van der Waals surface area contributed by atoms with Crippen LogP contribution in [0.4, 0.5) is 0 Å². The maximum absolute atomic E-state index is 9.99. The lowest BCUT2D eigenvalue weighted by Crippen LogP contribution is -1.92. The van der Waals surface area contributed by atoms with Gasteiger partial charge in [-0.3, -0.25) is 0 Å². The Morgan fingerprint density at radius 1 is 0.692 bits per heavy atom. The maximum atomic E-state index is 9.99. The van der Waals surface area contributed by atoms with Crippen molar-refractivity contribution in [2.24, 2.45) is 0 Å². The second-order valence-electron chi connectivity index (χ2n) is 6.74. The highest BCUT2D eigenvalue weighted by Gasteiger charge is 2.12. The highest BCUT2D eigenvalue weighted by Crippen LogP contribution is 2.38. The Morgan fingerprint density at radius 2 is 1.42 bits per heavy atom. The number of phenols is 1. The summed E-state index contributed by atoms with van der Waals surface area (Å²) in [5.41, 5.74) is 1.17. The highest BCUT2D eigenvalue weighted by atomic mass is 16.5. The predicted octanol–water partition coefficient (Wildman–Crippen LogP) is 6.15. The lowest BCUT2D eigenvalue weighted by Gasteiger charge is -2.14. The van der Waals surface area contributed by atoms with E-state index in [1.54, 1.807) is 13.2 Å². The molecule has 2 nitrogen and oxygen atoms in total. The zero-order valence-corrected chi connectivity index (χ0v) is 14.5. The van der Waals surface area contributed by atoms with Crippen molar-refractivity contribution in [1.29, 1.82) is 0 Å². The summed E-state index contributed by atoms with van der Waals surface area (Å²) < 4.78 is 5.50. The number of benzene rings is 5. The molecule has 26 heavy (non-hydrogen) atoms. The number of hydrogen-bond acceptors (Lipinski definition) is 2. The Kier molecular flexibility index (Phi) is 3.34. The second-order valence-corrected chi connectivity index (χ2v) is 6.74. The number of ether oxygens (including phenoxy) is 1. The summed E-state index contributed by atoms with van der Waals surface area (Å²) >= 11 is 0. The van der Waals surface area contributed by atoms with Crippen LogP contribution in [0.5, 0.6) is 5.75 Å². The third-order valence-electron chi connectivity index (χ3n) is 5.20. The van der Waals surface area contributed by atoms with Gasteiger partial charge in [-0.05, 0) is 66.9 Å². The van der Waals surface area contributed by atoms with Gasteiger partial charge < -0.3 is 9.84 Å². The molecule has 5 aromatic carbocycles. The van der Waals surface area contributed by atoms with Gasteiger partial charge >= 0.3 is 0 Å². The van der Waals surface area contributed by atoms with Gasteiger partial charge in [0.2, 0.25) is 0 Å². The van der Waals surface area contributed by atoms with Crippen molar-refractivity contribution in [3.63, 3.8) is 0 Å². The van der Waals surface area contributed by atoms with Crippen LogP contribution in [0.3, 0.4) is 0 Å². The van der Waals surface area contributed by atoms with Crippen molar-refractivity contribution < 1.29 is 9.84 Å². The lowest BCUT2D eigenvalue weighted by molar-refractivity contribution is 0.186. The van der Waals surface area contributed by atoms with Gasteiger partial charge in [-0.1, -0.05) is 54.6 Å². The smallest absolute Gasteiger partial charge is 0.116 e. The van der Waals surface area contributed by atoms with Gasteiger partial charge in [0.1, 0.15) is 5.75 Å². The molecule has 0 unspecified atom stereocenters. The Labute approximate surface area is 151 Å². The van der Waals surface area contributed by atoms with E-state index >= 15 is 0 Å². The van der Waals surface area contributed by atoms with E-state index in [0.717, 1.165) is 16.2 Å². The molecule has 0 aromatic heterocycles. The van der Waals surface area contributed by atoms with Crippen LogP contribution in [0.15, 0.2) is 72.8 Å². The molecule has 0 aliphatic carbocycles. The van der Waals surface area contributed by atoms with Crippen LogP contribution in [0.1, 0.15) is 5.56 Å². The summed E-state index contributed by atoms with van der Waals surface area (Å²) in [4.78, 5) is 0. The Bertz CT molecular complexity index is 1300. The van der Waals surface area contributed by atoms with E-state index < -0.39 is 0 Å². The van der Waals surface area contributed by atoms with E-state index in [4.69, 9.17) is 4.74 Å². The molecule has 0 fully saturated rings. The van der Waals surface area contributed by atoms with Crippen LogP contribution >= 0.6 is 0 Å². The van der Waals surface area contributed by atoms with E-state index in [1.807, 2.05) is 12.1 Å². The molecular formula is C24H18O2. The molecule has 0 aliphatic heterocycles. The highest BCUT2D eigenvalue weighted by molar-refractivity contribution is 6.23. The molecule has 2 heteroatoms. The number of methoxy groups -OCH3 is 1. The van der Waals surface area contributed by atoms with Gasteiger partial charge in [0.05, 0.1) is 6.61 Å². The fourth-order valence-electron chi connectivity index (χ4n) is 4.09. The minimum Gasteiger partial charge on any atom is -0.508 e. The molecule has 0 spiro atoms. The molecule has 0 aliphatic rings. The van der Waals surface area contributed by atoms with Crippen molar-refractivity contribution in [2.75, 3.05) is 7.11 Å². The van der Waals surface area contributed by atoms with Gasteiger partial charge in [0.15, 0.2) is 0 Å². The molecule has 0 saturated carbocycles. The summed E-state index contributed by atoms with van der Waals surface area (Å²) in [7, 11) is 1.73. The number of rotatable bonds is 2. The van der Waals surface area contributed by atoms with Crippen LogP contribution in [0.2, 0.25) is 0 Å². The molecule has 5 rings (SSSR count). The molecule has 0 atom stereocenters. The summed E-state index contributed by atoms with van der Waals surface area (Å²) in [5.74, 6) is 0.289. The average Bonchev–Trinajstić information content (AvgIpc) is 2.68. The van der Waals surface area contributed by atoms with Crippen LogP contribution in [0, 0.1) is 0 Å². The largest absolute Gasteiger partial charge is 0.508 e. The summed E-state index contributed by atoms with van der Waals surface area (Å²) in [6.07, 6.45) is 0. The van der Waals surface area contributed by atoms with Crippen LogP contribution in [-0.2, 0) is 11.3 Å². The average molecular weight is 338 g/mol. The molecule has 0 bridgehead atoms. The number of hydrogen-bond donors (Lipinski definition) is 1. The summed E-state index contributed by atoms with van der Waals surface area (Å²) in [5, 5.41) is 19.5. The standard InChI is InChI=1S/C24H18O2/c1-26-14-17-12-16-6-8-18(25)13-23(16)22-11-10-20-19-5-3-2-4-15(19)7-9-21(20)24(17)22/h2-13,25H,14H2,1H3. The molecular weight excluding hydrogens is 320 g/mol. The van der Waals surface area contributed by atoms with Crippen LogP contribution < -0.4 is 0 Å². The van der Waals surface area contributed by atoms with Crippen molar-refractivity contribution in [1.82, 2.24) is 0 Å². The van der Waals surface area contributed by atoms with E-state index in [9.17, 15) is 5.11 Å². The van der Waals surface area contributed by atoms with Gasteiger partial charge in [-0.25, -0.2) is 0 Å². The Hall–Kier alpha value is -3.10. The first-order chi connectivity index (χ1) is 12.8. The minimum atomic E-state index is 0.289. The molecule has 5 aromatic rings. The van der Waals surface area contributed by atoms with E-state index in [1.165, 1.54) is 32.5 Å². The summed E-state index contributed by atoms with van der Waals surface area (Å²) in [6.45, 7) is 0.555. The third-order valence-corrected chi connectivity index (χ3v) is 5.20. The van der Waals surface area contributed by atoms with Crippen molar-refractivity contribution in [3.05, 3.63) is 78.4 Å². The Balaban J connectivity index is 2.03. The molecule has 1 N–H and O–H groups in total. The first-order valence-corrected chi connectivity index (χ1v) is 8.74. The fourth-order valence-corrected chi connectivity index (χ4v) is 4.09. The molecule has 126 valence electrons. The number of aromatic hydroxyl groups is 1. The third kappa shape index (κ3) is 2.16. The van der Waals surface area contributed by atoms with Crippen LogP contribution in [0.25, 0.3) is 43.1 Å². The van der Waals surface area contributed by atoms with Crippen molar-refractivity contribution in [3.8, 4) is 5.75 Å². The monoisotopic (exact) mass is 338 g/mol. The topological polar surface area (TPSA) is 29.5 Å². The zero-order chi connectivity index (χ0) is 17.7. The van der Waals surface area contributed by atoms with E-state index in [-0.39, 0.29) is 5.75 Å². The zero-order valence-electron chi connectivity index (χ0n) is 14.5. The minimum absolute atomic E-state index is 0.289. The SMILES string of the molecule is COCc1cc2ccc(O)cc2c2ccc3c4ccccc4ccc3c12. The van der Waals surface area contributed by atoms with E-state index in [2.05, 4.69) is 54.6 Å². The fraction of sp³-hybridized carbons (Fsp3) is 0.0833. The quantitative estimate of drug-likeness (QED) is 0.391. The molecule has 0 radical (unpaired) electrons. The lowest BCUT2D eigenvalue weighted by atomic mass is 9.91. The summed E-state index contributed by atoms with van der Waals surface area (Å²) in [6, 6.07) is 24.9. The van der Waals surface area contributed by atoms with Crippen molar-refractivity contribution >= 4 is 43.1 Å². The predicted molar refractivity (Wildman–Crippen MR) is 109 cm³/mol. The van der Waals surface area contributed by atoms with E-state index in [0.29, 0.717) is 6.61 Å². The Morgan fingerprint density at radius 3 is 2.31 bits per heavy atom. The number of phenolic OH excluding ortho intramolecular Hbond substituents is 1. The number of fused-ring (bicyclic) bond motifs is 7. The van der Waals surface area contributed by atoms with Crippen LogP contribution in [-0.4, -0.2) is 12.2 Å². The van der Waals surface area contributed by atoms with Gasteiger partial charge in [-0.15, -0.1) is 0 Å². The van der Waals surface area contributed by atoms with Crippen molar-refractivity contribution in [2.45, 2.75) is 6.61 Å². The van der Waals surface area contributed by atoms with Gasteiger partial charge in [-0.2, -0.15) is 0 Å². The normalized spacial score (nSPS) is 11.7. The maximum Gasteiger partial charge on any atom is 0.116 e. The van der Waals surface area contributed by atoms with Gasteiger partial charge in [0.25, 0.3) is 0 Å². The molecule has 0 saturated heterocycles. The first kappa shape index (κ1) is 15.2.